The van der Waals surface area contributed by atoms with Crippen LogP contribution in [-0.2, 0) is 16.6 Å². The van der Waals surface area contributed by atoms with Crippen LogP contribution in [0.2, 0.25) is 0 Å². The Kier molecular flexibility index (Phi) is 4.43. The molecule has 0 saturated carbocycles. The van der Waals surface area contributed by atoms with E-state index in [0.29, 0.717) is 5.01 Å². The Balaban J connectivity index is 2.25. The second kappa shape index (κ2) is 5.92. The van der Waals surface area contributed by atoms with E-state index in [-0.39, 0.29) is 22.1 Å². The number of nitrogens with one attached hydrogen (secondary N) is 1. The van der Waals surface area contributed by atoms with E-state index in [1.165, 1.54) is 29.7 Å². The van der Waals surface area contributed by atoms with Crippen LogP contribution >= 0.6 is 23.6 Å². The first-order chi connectivity index (χ1) is 9.40. The lowest BCUT2D eigenvalue weighted by Crippen LogP contribution is -2.27. The maximum Gasteiger partial charge on any atom is 0.243 e. The van der Waals surface area contributed by atoms with Gasteiger partial charge in [-0.15, -0.1) is 11.3 Å². The van der Waals surface area contributed by atoms with Gasteiger partial charge in [0.1, 0.15) is 20.6 Å². The molecule has 2 heterocycles. The summed E-state index contributed by atoms with van der Waals surface area (Å²) in [5.41, 5.74) is 6.43. The van der Waals surface area contributed by atoms with Crippen molar-refractivity contribution in [1.29, 1.82) is 0 Å². The lowest BCUT2D eigenvalue weighted by Gasteiger charge is -2.08. The van der Waals surface area contributed by atoms with Gasteiger partial charge in [0.25, 0.3) is 0 Å². The largest absolute Gasteiger partial charge is 0.388 e. The highest BCUT2D eigenvalue weighted by Crippen LogP contribution is 2.14. The summed E-state index contributed by atoms with van der Waals surface area (Å²) in [6.07, 6.45) is 1.44. The maximum atomic E-state index is 12.2. The molecule has 0 radical (unpaired) electrons. The number of aromatic nitrogens is 2. The molecule has 0 atom stereocenters. The number of hydrogen-bond donors (Lipinski definition) is 2. The minimum atomic E-state index is -3.74. The number of sulfonamides is 1. The smallest absolute Gasteiger partial charge is 0.243 e. The minimum absolute atomic E-state index is 0.0271. The SMILES string of the molecule is Cc1csc(CNS(=O)(=O)c2cccnc2C(N)=S)n1. The molecule has 0 aliphatic carbocycles. The van der Waals surface area contributed by atoms with Crippen LogP contribution in [0.5, 0.6) is 0 Å². The molecule has 0 aromatic carbocycles. The van der Waals surface area contributed by atoms with Crippen LogP contribution in [0.4, 0.5) is 0 Å². The Morgan fingerprint density at radius 3 is 2.90 bits per heavy atom. The molecule has 20 heavy (non-hydrogen) atoms. The Morgan fingerprint density at radius 1 is 1.55 bits per heavy atom. The standard InChI is InChI=1S/C11H12N4O2S3/c1-7-6-19-9(15-7)5-14-20(16,17)8-3-2-4-13-10(8)11(12)18/h2-4,6,14H,5H2,1H3,(H2,12,18). The van der Waals surface area contributed by atoms with Crippen LogP contribution in [-0.4, -0.2) is 23.4 Å². The van der Waals surface area contributed by atoms with Crippen LogP contribution < -0.4 is 10.5 Å². The quantitative estimate of drug-likeness (QED) is 0.793. The lowest BCUT2D eigenvalue weighted by atomic mass is 10.3. The van der Waals surface area contributed by atoms with Gasteiger partial charge in [0.15, 0.2) is 0 Å². The van der Waals surface area contributed by atoms with Gasteiger partial charge < -0.3 is 5.73 Å². The van der Waals surface area contributed by atoms with Gasteiger partial charge in [-0.2, -0.15) is 0 Å². The van der Waals surface area contributed by atoms with E-state index in [2.05, 4.69) is 14.7 Å². The zero-order valence-corrected chi connectivity index (χ0v) is 13.0. The summed E-state index contributed by atoms with van der Waals surface area (Å²) in [5, 5.41) is 2.54. The van der Waals surface area contributed by atoms with Gasteiger partial charge in [0.05, 0.1) is 6.54 Å². The minimum Gasteiger partial charge on any atom is -0.388 e. The van der Waals surface area contributed by atoms with E-state index in [4.69, 9.17) is 18.0 Å². The van der Waals surface area contributed by atoms with Crippen LogP contribution in [0, 0.1) is 6.92 Å². The van der Waals surface area contributed by atoms with E-state index in [0.717, 1.165) is 5.69 Å². The number of nitrogens with two attached hydrogens (primary N) is 1. The molecule has 3 N–H and O–H groups in total. The van der Waals surface area contributed by atoms with Gasteiger partial charge >= 0.3 is 0 Å². The van der Waals surface area contributed by atoms with E-state index in [1.54, 1.807) is 0 Å². The number of rotatable bonds is 5. The number of thiocarbonyl (C=S) groups is 1. The molecule has 0 spiro atoms. The van der Waals surface area contributed by atoms with E-state index >= 15 is 0 Å². The summed E-state index contributed by atoms with van der Waals surface area (Å²) >= 11 is 6.20. The number of hydrogen-bond acceptors (Lipinski definition) is 6. The summed E-state index contributed by atoms with van der Waals surface area (Å²) in [5.74, 6) is 0. The average molecular weight is 328 g/mol. The first kappa shape index (κ1) is 15.0. The third-order valence-corrected chi connectivity index (χ3v) is 4.97. The van der Waals surface area contributed by atoms with Crippen molar-refractivity contribution in [1.82, 2.24) is 14.7 Å². The van der Waals surface area contributed by atoms with E-state index < -0.39 is 10.0 Å². The lowest BCUT2D eigenvalue weighted by molar-refractivity contribution is 0.580. The second-order valence-electron chi connectivity index (χ2n) is 3.92. The summed E-state index contributed by atoms with van der Waals surface area (Å²) in [6.45, 7) is 1.97. The van der Waals surface area contributed by atoms with Crippen molar-refractivity contribution in [2.75, 3.05) is 0 Å². The zero-order chi connectivity index (χ0) is 14.8. The molecule has 2 aromatic heterocycles. The predicted octanol–water partition coefficient (Wildman–Crippen LogP) is 0.959. The number of nitrogens with zero attached hydrogens (tertiary/aromatic N) is 2. The van der Waals surface area contributed by atoms with Gasteiger partial charge in [-0.05, 0) is 19.1 Å². The molecule has 2 rings (SSSR count). The zero-order valence-electron chi connectivity index (χ0n) is 10.5. The molecule has 0 aliphatic heterocycles. The number of pyridine rings is 1. The van der Waals surface area contributed by atoms with Crippen molar-refractivity contribution in [3.05, 3.63) is 40.1 Å². The Hall–Kier alpha value is -1.42. The van der Waals surface area contributed by atoms with Crippen LogP contribution in [0.1, 0.15) is 16.4 Å². The molecule has 2 aromatic rings. The van der Waals surface area contributed by atoms with Crippen molar-refractivity contribution >= 4 is 38.6 Å². The predicted molar refractivity (Wildman–Crippen MR) is 81.0 cm³/mol. The van der Waals surface area contributed by atoms with Gasteiger partial charge in [0, 0.05) is 17.3 Å². The van der Waals surface area contributed by atoms with Crippen LogP contribution in [0.3, 0.4) is 0 Å². The Labute approximate surface area is 126 Å². The maximum absolute atomic E-state index is 12.2. The third-order valence-electron chi connectivity index (χ3n) is 2.37. The first-order valence-electron chi connectivity index (χ1n) is 5.55. The molecule has 0 amide bonds. The molecular formula is C11H12N4O2S3. The first-order valence-corrected chi connectivity index (χ1v) is 8.33. The molecule has 0 fully saturated rings. The monoisotopic (exact) mass is 328 g/mol. The van der Waals surface area contributed by atoms with Crippen LogP contribution in [0.25, 0.3) is 0 Å². The van der Waals surface area contributed by atoms with Crippen molar-refractivity contribution in [3.63, 3.8) is 0 Å². The molecule has 0 saturated heterocycles. The van der Waals surface area contributed by atoms with E-state index in [9.17, 15) is 8.42 Å². The topological polar surface area (TPSA) is 98.0 Å². The van der Waals surface area contributed by atoms with Crippen LogP contribution in [0.15, 0.2) is 28.6 Å². The molecule has 0 unspecified atom stereocenters. The molecule has 6 nitrogen and oxygen atoms in total. The molecule has 106 valence electrons. The summed E-state index contributed by atoms with van der Waals surface area (Å²) in [6, 6.07) is 2.93. The van der Waals surface area contributed by atoms with Crippen molar-refractivity contribution in [2.45, 2.75) is 18.4 Å². The number of thiazole rings is 1. The fraction of sp³-hybridized carbons (Fsp3) is 0.182. The highest BCUT2D eigenvalue weighted by atomic mass is 32.2. The molecule has 0 aliphatic rings. The van der Waals surface area contributed by atoms with Gasteiger partial charge in [-0.3, -0.25) is 4.98 Å². The van der Waals surface area contributed by atoms with Gasteiger partial charge in [-0.1, -0.05) is 12.2 Å². The average Bonchev–Trinajstić information content (AvgIpc) is 2.82. The fourth-order valence-electron chi connectivity index (χ4n) is 1.51. The molecule has 0 bridgehead atoms. The highest BCUT2D eigenvalue weighted by Gasteiger charge is 2.20. The van der Waals surface area contributed by atoms with Crippen molar-refractivity contribution in [3.8, 4) is 0 Å². The summed E-state index contributed by atoms with van der Waals surface area (Å²) < 4.78 is 27.0. The van der Waals surface area contributed by atoms with E-state index in [1.807, 2.05) is 12.3 Å². The summed E-state index contributed by atoms with van der Waals surface area (Å²) in [7, 11) is -3.74. The fourth-order valence-corrected chi connectivity index (χ4v) is 3.70. The summed E-state index contributed by atoms with van der Waals surface area (Å²) in [4.78, 5) is 8.01. The van der Waals surface area contributed by atoms with Crippen molar-refractivity contribution < 1.29 is 8.42 Å². The molecular weight excluding hydrogens is 316 g/mol. The Bertz CT molecular complexity index is 740. The van der Waals surface area contributed by atoms with Crippen molar-refractivity contribution in [2.24, 2.45) is 5.73 Å². The number of aryl methyl sites for hydroxylation is 1. The normalized spacial score (nSPS) is 11.4. The van der Waals surface area contributed by atoms with Gasteiger partial charge in [0.2, 0.25) is 10.0 Å². The highest BCUT2D eigenvalue weighted by molar-refractivity contribution is 7.89. The third kappa shape index (κ3) is 3.37. The molecule has 9 heteroatoms. The van der Waals surface area contributed by atoms with Gasteiger partial charge in [-0.25, -0.2) is 18.1 Å². The Morgan fingerprint density at radius 2 is 2.30 bits per heavy atom. The second-order valence-corrected chi connectivity index (χ2v) is 7.04.